The molecule has 2 aromatic heterocycles. The minimum Gasteiger partial charge on any atom is -0.494 e. The van der Waals surface area contributed by atoms with Crippen LogP contribution in [0, 0.1) is 0 Å². The van der Waals surface area contributed by atoms with Crippen molar-refractivity contribution in [2.24, 2.45) is 0 Å². The lowest BCUT2D eigenvalue weighted by Crippen LogP contribution is -2.10. The molecule has 0 fully saturated rings. The Hall–Kier alpha value is -4.01. The molecule has 0 saturated carbocycles. The molecule has 0 aliphatic rings. The van der Waals surface area contributed by atoms with Gasteiger partial charge in [-0.1, -0.05) is 39.5 Å². The predicted octanol–water partition coefficient (Wildman–Crippen LogP) is 9.10. The molecule has 4 rings (SSSR count). The molecule has 2 aromatic carbocycles. The van der Waals surface area contributed by atoms with Crippen LogP contribution in [0.15, 0.2) is 72.9 Å². The van der Waals surface area contributed by atoms with Crippen LogP contribution in [0.4, 0.5) is 30.2 Å². The molecular formula is C31H35F3N4O2. The number of aromatic amines is 1. The van der Waals surface area contributed by atoms with Gasteiger partial charge in [-0.3, -0.25) is 10.1 Å². The van der Waals surface area contributed by atoms with E-state index in [-0.39, 0.29) is 5.69 Å². The maximum Gasteiger partial charge on any atom is 0.432 e. The number of hydrogen-bond donors (Lipinski definition) is 1. The average molecular weight is 553 g/mol. The summed E-state index contributed by atoms with van der Waals surface area (Å²) in [5.41, 5.74) is 1.94. The van der Waals surface area contributed by atoms with E-state index >= 15 is 0 Å². The van der Waals surface area contributed by atoms with Gasteiger partial charge in [-0.05, 0) is 79.6 Å². The number of alkyl halides is 3. The Morgan fingerprint density at radius 1 is 0.700 bits per heavy atom. The van der Waals surface area contributed by atoms with Gasteiger partial charge < -0.3 is 14.4 Å². The number of H-pyrrole nitrogens is 1. The van der Waals surface area contributed by atoms with Gasteiger partial charge in [-0.2, -0.15) is 18.3 Å². The number of nitrogens with zero attached hydrogens (tertiary/aromatic N) is 3. The van der Waals surface area contributed by atoms with Crippen molar-refractivity contribution in [2.75, 3.05) is 18.1 Å². The topological polar surface area (TPSA) is 63.3 Å². The number of benzene rings is 2. The molecule has 0 amide bonds. The minimum atomic E-state index is -4.52. The van der Waals surface area contributed by atoms with E-state index in [2.05, 4.69) is 29.0 Å². The molecule has 0 unspecified atom stereocenters. The molecule has 0 radical (unpaired) electrons. The number of halogens is 3. The summed E-state index contributed by atoms with van der Waals surface area (Å²) in [6.45, 7) is 5.63. The number of anilines is 3. The summed E-state index contributed by atoms with van der Waals surface area (Å²) in [5.74, 6) is 1.56. The van der Waals surface area contributed by atoms with Gasteiger partial charge in [-0.15, -0.1) is 0 Å². The van der Waals surface area contributed by atoms with E-state index in [4.69, 9.17) is 9.47 Å². The lowest BCUT2D eigenvalue weighted by molar-refractivity contribution is -0.141. The standard InChI is InChI=1S/C31H35F3N4O2/c1-3-5-7-19-39-26-13-9-23(10-14-26)38(24-11-15-27(16-12-24)40-20-8-6-4-2)25-17-18-35-28(21-25)29-22-30(37-36-29)31(32,33)34/h9-18,21-22H,3-8,19-20H2,1-2H3,(H,36,37). The van der Waals surface area contributed by atoms with Crippen LogP contribution in [-0.4, -0.2) is 28.4 Å². The first-order chi connectivity index (χ1) is 19.4. The SMILES string of the molecule is CCCCCOc1ccc(N(c2ccc(OCCCCC)cc2)c2ccnc(-c3cc(C(F)(F)F)[nH]n3)c2)cc1. The highest BCUT2D eigenvalue weighted by Crippen LogP contribution is 2.38. The van der Waals surface area contributed by atoms with Gasteiger partial charge in [0.25, 0.3) is 0 Å². The highest BCUT2D eigenvalue weighted by molar-refractivity contribution is 5.78. The fraction of sp³-hybridized carbons (Fsp3) is 0.355. The second-order valence-electron chi connectivity index (χ2n) is 9.50. The Balaban J connectivity index is 1.63. The monoisotopic (exact) mass is 552 g/mol. The minimum absolute atomic E-state index is 0.112. The van der Waals surface area contributed by atoms with E-state index < -0.39 is 11.9 Å². The van der Waals surface area contributed by atoms with Crippen LogP contribution in [0.3, 0.4) is 0 Å². The maximum atomic E-state index is 13.1. The Morgan fingerprint density at radius 3 is 1.73 bits per heavy atom. The van der Waals surface area contributed by atoms with Crippen LogP contribution in [-0.2, 0) is 6.18 Å². The number of hydrogen-bond acceptors (Lipinski definition) is 5. The number of ether oxygens (including phenoxy) is 2. The molecule has 0 bridgehead atoms. The van der Waals surface area contributed by atoms with E-state index in [1.54, 1.807) is 12.3 Å². The molecule has 40 heavy (non-hydrogen) atoms. The molecule has 212 valence electrons. The normalized spacial score (nSPS) is 11.4. The first-order valence-electron chi connectivity index (χ1n) is 13.7. The zero-order chi connectivity index (χ0) is 28.4. The van der Waals surface area contributed by atoms with Crippen LogP contribution in [0.2, 0.25) is 0 Å². The smallest absolute Gasteiger partial charge is 0.432 e. The highest BCUT2D eigenvalue weighted by Gasteiger charge is 2.33. The third-order valence-electron chi connectivity index (χ3n) is 6.37. The Bertz CT molecular complexity index is 1270. The van der Waals surface area contributed by atoms with E-state index in [0.717, 1.165) is 73.2 Å². The van der Waals surface area contributed by atoms with Crippen molar-refractivity contribution in [1.82, 2.24) is 15.2 Å². The Labute approximate surface area is 233 Å². The van der Waals surface area contributed by atoms with Crippen molar-refractivity contribution in [3.05, 3.63) is 78.6 Å². The van der Waals surface area contributed by atoms with Crippen LogP contribution >= 0.6 is 0 Å². The largest absolute Gasteiger partial charge is 0.494 e. The number of aromatic nitrogens is 3. The number of rotatable bonds is 14. The summed E-state index contributed by atoms with van der Waals surface area (Å²) in [6, 6.07) is 20.0. The third-order valence-corrected chi connectivity index (χ3v) is 6.37. The summed E-state index contributed by atoms with van der Waals surface area (Å²) in [7, 11) is 0. The fourth-order valence-electron chi connectivity index (χ4n) is 4.21. The highest BCUT2D eigenvalue weighted by atomic mass is 19.4. The summed E-state index contributed by atoms with van der Waals surface area (Å²) in [6.07, 6.45) is 3.54. The molecule has 1 N–H and O–H groups in total. The van der Waals surface area contributed by atoms with Crippen molar-refractivity contribution in [1.29, 1.82) is 0 Å². The molecule has 6 nitrogen and oxygen atoms in total. The van der Waals surface area contributed by atoms with Crippen molar-refractivity contribution < 1.29 is 22.6 Å². The van der Waals surface area contributed by atoms with Gasteiger partial charge in [0.1, 0.15) is 22.9 Å². The number of pyridine rings is 1. The first kappa shape index (κ1) is 29.0. The number of nitrogens with one attached hydrogen (secondary N) is 1. The molecule has 4 aromatic rings. The Morgan fingerprint density at radius 2 is 1.25 bits per heavy atom. The van der Waals surface area contributed by atoms with Gasteiger partial charge >= 0.3 is 6.18 Å². The predicted molar refractivity (Wildman–Crippen MR) is 152 cm³/mol. The van der Waals surface area contributed by atoms with Crippen molar-refractivity contribution in [3.63, 3.8) is 0 Å². The lowest BCUT2D eigenvalue weighted by Gasteiger charge is -2.26. The van der Waals surface area contributed by atoms with E-state index in [0.29, 0.717) is 18.9 Å². The quantitative estimate of drug-likeness (QED) is 0.158. The maximum absolute atomic E-state index is 13.1. The molecule has 0 aliphatic heterocycles. The zero-order valence-corrected chi connectivity index (χ0v) is 22.9. The van der Waals surface area contributed by atoms with Gasteiger partial charge in [0.15, 0.2) is 0 Å². The molecule has 2 heterocycles. The van der Waals surface area contributed by atoms with Crippen molar-refractivity contribution in [3.8, 4) is 22.9 Å². The molecular weight excluding hydrogens is 517 g/mol. The summed E-state index contributed by atoms with van der Waals surface area (Å²) in [5, 5.41) is 5.91. The van der Waals surface area contributed by atoms with Crippen LogP contribution < -0.4 is 14.4 Å². The summed E-state index contributed by atoms with van der Waals surface area (Å²) >= 11 is 0. The van der Waals surface area contributed by atoms with Crippen LogP contribution in [0.5, 0.6) is 11.5 Å². The van der Waals surface area contributed by atoms with E-state index in [1.807, 2.05) is 59.5 Å². The van der Waals surface area contributed by atoms with E-state index in [1.165, 1.54) is 0 Å². The molecule has 0 spiro atoms. The summed E-state index contributed by atoms with van der Waals surface area (Å²) < 4.78 is 51.2. The lowest BCUT2D eigenvalue weighted by atomic mass is 10.1. The molecule has 0 aliphatic carbocycles. The Kier molecular flexibility index (Phi) is 10.0. The third kappa shape index (κ3) is 7.77. The fourth-order valence-corrected chi connectivity index (χ4v) is 4.21. The van der Waals surface area contributed by atoms with Gasteiger partial charge in [0.05, 0.1) is 18.9 Å². The molecule has 9 heteroatoms. The zero-order valence-electron chi connectivity index (χ0n) is 22.9. The second kappa shape index (κ2) is 13.9. The van der Waals surface area contributed by atoms with Gasteiger partial charge in [0.2, 0.25) is 0 Å². The molecule has 0 atom stereocenters. The van der Waals surface area contributed by atoms with Gasteiger partial charge in [-0.25, -0.2) is 0 Å². The molecule has 0 saturated heterocycles. The second-order valence-corrected chi connectivity index (χ2v) is 9.50. The van der Waals surface area contributed by atoms with Crippen molar-refractivity contribution >= 4 is 17.1 Å². The van der Waals surface area contributed by atoms with Crippen molar-refractivity contribution in [2.45, 2.75) is 58.5 Å². The van der Waals surface area contributed by atoms with E-state index in [9.17, 15) is 13.2 Å². The van der Waals surface area contributed by atoms with Gasteiger partial charge in [0, 0.05) is 23.3 Å². The first-order valence-corrected chi connectivity index (χ1v) is 13.7. The average Bonchev–Trinajstić information content (AvgIpc) is 3.47. The van der Waals surface area contributed by atoms with Crippen LogP contribution in [0.1, 0.15) is 58.1 Å². The van der Waals surface area contributed by atoms with Crippen LogP contribution in [0.25, 0.3) is 11.4 Å². The number of unbranched alkanes of at least 4 members (excludes halogenated alkanes) is 4. The summed E-state index contributed by atoms with van der Waals surface area (Å²) in [4.78, 5) is 6.29.